The van der Waals surface area contributed by atoms with Crippen LogP contribution < -0.4 is 21.9 Å². The number of phenolic OH excluding ortho intramolecular Hbond substituents is 4. The lowest BCUT2D eigenvalue weighted by atomic mass is 9.98. The molecular formula is C32H39ClO21. The Hall–Kier alpha value is -3.62. The van der Waals surface area contributed by atoms with Crippen LogP contribution in [-0.2, 0) is 18.9 Å². The Labute approximate surface area is 309 Å². The second kappa shape index (κ2) is 16.6. The van der Waals surface area contributed by atoms with Crippen molar-refractivity contribution in [2.45, 2.75) is 86.0 Å². The summed E-state index contributed by atoms with van der Waals surface area (Å²) in [7, 11) is 0. The van der Waals surface area contributed by atoms with E-state index < -0.39 is 135 Å². The first-order valence-corrected chi connectivity index (χ1v) is 16.1. The fourth-order valence-electron chi connectivity index (χ4n) is 6.06. The molecule has 3 saturated heterocycles. The van der Waals surface area contributed by atoms with Gasteiger partial charge in [-0.15, -0.1) is 0 Å². The maximum atomic E-state index is 11.1. The van der Waals surface area contributed by atoms with Crippen LogP contribution in [0.1, 0.15) is 0 Å². The number of rotatable bonds is 9. The van der Waals surface area contributed by atoms with E-state index in [1.807, 2.05) is 0 Å². The molecule has 22 heteroatoms. The molecule has 4 heterocycles. The second-order valence-corrected chi connectivity index (χ2v) is 12.6. The molecule has 0 bridgehead atoms. The van der Waals surface area contributed by atoms with Crippen LogP contribution in [0.15, 0.2) is 34.7 Å². The van der Waals surface area contributed by atoms with Crippen LogP contribution >= 0.6 is 0 Å². The highest BCUT2D eigenvalue weighted by Gasteiger charge is 2.51. The van der Waals surface area contributed by atoms with Crippen molar-refractivity contribution in [3.8, 4) is 45.8 Å². The summed E-state index contributed by atoms with van der Waals surface area (Å²) in [5, 5.41) is 144. The number of hydrogen-bond donors (Lipinski definition) is 14. The number of halogens is 1. The maximum Gasteiger partial charge on any atom is 0.402 e. The van der Waals surface area contributed by atoms with Gasteiger partial charge in [-0.2, -0.15) is 0 Å². The first-order chi connectivity index (χ1) is 25.1. The predicted molar refractivity (Wildman–Crippen MR) is 168 cm³/mol. The van der Waals surface area contributed by atoms with Crippen LogP contribution in [0, 0.1) is 0 Å². The van der Waals surface area contributed by atoms with Crippen LogP contribution in [-0.4, -0.2) is 177 Å². The molecule has 54 heavy (non-hydrogen) atoms. The minimum absolute atomic E-state index is 0. The molecule has 3 aliphatic rings. The highest BCUT2D eigenvalue weighted by atomic mass is 35.5. The second-order valence-electron chi connectivity index (χ2n) is 12.6. The zero-order chi connectivity index (χ0) is 38.5. The van der Waals surface area contributed by atoms with E-state index in [-0.39, 0.29) is 40.4 Å². The van der Waals surface area contributed by atoms with Gasteiger partial charge in [0.15, 0.2) is 29.6 Å². The van der Waals surface area contributed by atoms with Crippen LogP contribution in [0.5, 0.6) is 34.5 Å². The van der Waals surface area contributed by atoms with E-state index in [4.69, 9.17) is 32.8 Å². The molecule has 14 atom stereocenters. The third-order valence-corrected chi connectivity index (χ3v) is 9.04. The Kier molecular flexibility index (Phi) is 12.8. The molecule has 2 aromatic carbocycles. The largest absolute Gasteiger partial charge is 1.00 e. The molecule has 0 saturated carbocycles. The lowest BCUT2D eigenvalue weighted by molar-refractivity contribution is -0.344. The van der Waals surface area contributed by atoms with Crippen molar-refractivity contribution in [3.05, 3.63) is 30.3 Å². The molecule has 21 nitrogen and oxygen atoms in total. The molecular weight excluding hydrogens is 756 g/mol. The molecule has 0 radical (unpaired) electrons. The van der Waals surface area contributed by atoms with Gasteiger partial charge in [0.1, 0.15) is 77.9 Å². The van der Waals surface area contributed by atoms with E-state index >= 15 is 0 Å². The van der Waals surface area contributed by atoms with Crippen molar-refractivity contribution in [1.29, 1.82) is 0 Å². The zero-order valence-electron chi connectivity index (χ0n) is 27.6. The summed E-state index contributed by atoms with van der Waals surface area (Å²) >= 11 is 0. The van der Waals surface area contributed by atoms with Gasteiger partial charge >= 0.3 is 11.3 Å². The van der Waals surface area contributed by atoms with E-state index in [0.29, 0.717) is 0 Å². The topological polar surface area (TPSA) is 350 Å². The van der Waals surface area contributed by atoms with Gasteiger partial charge in [0, 0.05) is 24.3 Å². The fourth-order valence-corrected chi connectivity index (χ4v) is 6.06. The van der Waals surface area contributed by atoms with E-state index in [1.54, 1.807) is 0 Å². The fraction of sp³-hybridized carbons (Fsp3) is 0.531. The normalized spacial score (nSPS) is 35.7. The van der Waals surface area contributed by atoms with Crippen molar-refractivity contribution in [3.63, 3.8) is 0 Å². The molecule has 0 aliphatic carbocycles. The number of benzene rings is 2. The lowest BCUT2D eigenvalue weighted by Gasteiger charge is -2.44. The highest BCUT2D eigenvalue weighted by molar-refractivity contribution is 5.89. The van der Waals surface area contributed by atoms with E-state index in [9.17, 15) is 71.5 Å². The van der Waals surface area contributed by atoms with Gasteiger partial charge in [-0.25, -0.2) is 4.42 Å². The lowest BCUT2D eigenvalue weighted by Crippen LogP contribution is -3.00. The van der Waals surface area contributed by atoms with Crippen LogP contribution in [0.3, 0.4) is 0 Å². The standard InChI is InChI=1S/C32H38O21.ClH/c33-6-18-22(41)24(43)27(46)31(51-18)49-16-4-10(35)3-15-11(16)5-17(28(48-15)9-1-12(36)20(39)13(37)2-9)50-32-29(25(44)23(42)19(7-34)52-32)53-30-26(45)21(40)14(38)8-47-30;/h1-5,14,18-19,21-27,29-34,38,40-46H,6-8H2,(H3-,35,36,37,39);1H. The number of ether oxygens (including phenoxy) is 6. The van der Waals surface area contributed by atoms with Crippen molar-refractivity contribution in [2.24, 2.45) is 0 Å². The molecule has 1 aromatic heterocycles. The summed E-state index contributed by atoms with van der Waals surface area (Å²) in [5.74, 6) is -4.11. The van der Waals surface area contributed by atoms with Gasteiger partial charge in [0.05, 0.1) is 31.5 Å². The quantitative estimate of drug-likeness (QED) is 0.0707. The van der Waals surface area contributed by atoms with Gasteiger partial charge < -0.3 is 112 Å². The minimum Gasteiger partial charge on any atom is -1.00 e. The SMILES string of the molecule is OCC1OC(Oc2cc(O)cc3[o+]c(-c4cc(O)c(O)c(O)c4)c(OC4OC(CO)C(O)C(O)C4OC4OCC(O)C(O)C4O)cc23)C(O)C(O)C1O.[Cl-]. The average molecular weight is 795 g/mol. The van der Waals surface area contributed by atoms with Gasteiger partial charge in [0.25, 0.3) is 0 Å². The van der Waals surface area contributed by atoms with Crippen molar-refractivity contribution in [2.75, 3.05) is 19.8 Å². The molecule has 0 amide bonds. The van der Waals surface area contributed by atoms with Gasteiger partial charge in [0.2, 0.25) is 18.3 Å². The number of aliphatic hydroxyl groups excluding tert-OH is 10. The smallest absolute Gasteiger partial charge is 0.402 e. The summed E-state index contributed by atoms with van der Waals surface area (Å²) in [4.78, 5) is 0. The summed E-state index contributed by atoms with van der Waals surface area (Å²) in [6.07, 6.45) is -24.3. The predicted octanol–water partition coefficient (Wildman–Crippen LogP) is -6.97. The molecule has 14 unspecified atom stereocenters. The average Bonchev–Trinajstić information content (AvgIpc) is 3.13. The summed E-state index contributed by atoms with van der Waals surface area (Å²) in [6.45, 7) is -2.15. The van der Waals surface area contributed by atoms with Crippen molar-refractivity contribution >= 4 is 11.0 Å². The molecule has 3 aromatic rings. The monoisotopic (exact) mass is 794 g/mol. The van der Waals surface area contributed by atoms with E-state index in [2.05, 4.69) is 0 Å². The van der Waals surface area contributed by atoms with E-state index in [0.717, 1.165) is 24.3 Å². The number of aromatic hydroxyl groups is 4. The van der Waals surface area contributed by atoms with Gasteiger partial charge in [-0.1, -0.05) is 0 Å². The van der Waals surface area contributed by atoms with Crippen LogP contribution in [0.25, 0.3) is 22.3 Å². The number of hydrogen-bond acceptors (Lipinski definition) is 20. The van der Waals surface area contributed by atoms with Crippen molar-refractivity contribution < 1.29 is 117 Å². The number of fused-ring (bicyclic) bond motifs is 1. The Morgan fingerprint density at radius 1 is 0.630 bits per heavy atom. The molecule has 14 N–H and O–H groups in total. The third-order valence-electron chi connectivity index (χ3n) is 9.04. The van der Waals surface area contributed by atoms with Crippen LogP contribution in [0.4, 0.5) is 0 Å². The first-order valence-electron chi connectivity index (χ1n) is 16.1. The molecule has 3 aliphatic heterocycles. The van der Waals surface area contributed by atoms with E-state index in [1.165, 1.54) is 6.07 Å². The molecule has 0 spiro atoms. The summed E-state index contributed by atoms with van der Waals surface area (Å²) in [6, 6.07) is 5.20. The third kappa shape index (κ3) is 7.88. The summed E-state index contributed by atoms with van der Waals surface area (Å²) < 4.78 is 40.1. The Morgan fingerprint density at radius 3 is 1.83 bits per heavy atom. The first kappa shape index (κ1) is 41.5. The summed E-state index contributed by atoms with van der Waals surface area (Å²) in [5.41, 5.74) is -0.378. The van der Waals surface area contributed by atoms with Gasteiger partial charge in [-0.05, 0) is 0 Å². The Bertz CT molecular complexity index is 1740. The molecule has 300 valence electrons. The molecule has 6 rings (SSSR count). The minimum atomic E-state index is -1.93. The van der Waals surface area contributed by atoms with Crippen molar-refractivity contribution in [1.82, 2.24) is 0 Å². The number of aliphatic hydroxyl groups is 10. The zero-order valence-corrected chi connectivity index (χ0v) is 28.3. The molecule has 3 fully saturated rings. The Balaban J connectivity index is 0.00000561. The number of phenols is 4. The van der Waals surface area contributed by atoms with Gasteiger partial charge in [-0.3, -0.25) is 0 Å². The highest BCUT2D eigenvalue weighted by Crippen LogP contribution is 2.45. The van der Waals surface area contributed by atoms with Crippen LogP contribution in [0.2, 0.25) is 0 Å². The Morgan fingerprint density at radius 2 is 1.20 bits per heavy atom. The maximum absolute atomic E-state index is 11.1.